The van der Waals surface area contributed by atoms with Crippen LogP contribution in [0.15, 0.2) is 54.6 Å². The number of anilines is 1. The van der Waals surface area contributed by atoms with Gasteiger partial charge in [-0.05, 0) is 74.9 Å². The van der Waals surface area contributed by atoms with Gasteiger partial charge in [-0.2, -0.15) is 0 Å². The molecule has 0 bridgehead atoms. The minimum Gasteiger partial charge on any atom is -0.465 e. The van der Waals surface area contributed by atoms with E-state index in [1.807, 2.05) is 12.2 Å². The number of halogens is 2. The molecule has 0 radical (unpaired) electrons. The molecule has 2 aliphatic heterocycles. The first-order valence-electron chi connectivity index (χ1n) is 16.6. The third-order valence-corrected chi connectivity index (χ3v) is 12.6. The lowest BCUT2D eigenvalue weighted by atomic mass is 10.0. The van der Waals surface area contributed by atoms with Crippen molar-refractivity contribution in [1.82, 2.24) is 19.9 Å². The van der Waals surface area contributed by atoms with Gasteiger partial charge in [0, 0.05) is 23.0 Å². The number of amides is 3. The van der Waals surface area contributed by atoms with Crippen LogP contribution in [0.25, 0.3) is 10.2 Å². The molecule has 3 amide bonds. The number of hydrogen-bond acceptors (Lipinski definition) is 9. The zero-order valence-electron chi connectivity index (χ0n) is 26.6. The van der Waals surface area contributed by atoms with Gasteiger partial charge < -0.3 is 20.3 Å². The van der Waals surface area contributed by atoms with Crippen molar-refractivity contribution in [3.05, 3.63) is 65.5 Å². The van der Waals surface area contributed by atoms with E-state index in [2.05, 4.69) is 20.3 Å². The fraction of sp³-hybridized carbons (Fsp3) is 0.471. The highest BCUT2D eigenvalue weighted by Gasteiger charge is 2.62. The van der Waals surface area contributed by atoms with E-state index in [4.69, 9.17) is 16.3 Å². The van der Waals surface area contributed by atoms with E-state index in [0.717, 1.165) is 24.0 Å². The summed E-state index contributed by atoms with van der Waals surface area (Å²) < 4.78 is 48.9. The van der Waals surface area contributed by atoms with Crippen LogP contribution in [-0.2, 0) is 24.4 Å². The highest BCUT2D eigenvalue weighted by Crippen LogP contribution is 2.46. The van der Waals surface area contributed by atoms with Crippen molar-refractivity contribution in [2.45, 2.75) is 86.8 Å². The van der Waals surface area contributed by atoms with Gasteiger partial charge in [-0.3, -0.25) is 19.1 Å². The molecule has 0 unspecified atom stereocenters. The second kappa shape index (κ2) is 13.5. The first-order chi connectivity index (χ1) is 23.5. The van der Waals surface area contributed by atoms with Gasteiger partial charge in [0.05, 0.1) is 22.0 Å². The molecule has 1 aromatic heterocycles. The fourth-order valence-corrected chi connectivity index (χ4v) is 9.22. The topological polar surface area (TPSA) is 147 Å². The van der Waals surface area contributed by atoms with Gasteiger partial charge in [-0.1, -0.05) is 54.0 Å². The van der Waals surface area contributed by atoms with Crippen LogP contribution in [0.3, 0.4) is 0 Å². The number of ether oxygens (including phenoxy) is 1. The summed E-state index contributed by atoms with van der Waals surface area (Å²) in [7, 11) is -3.86. The maximum absolute atomic E-state index is 14.4. The summed E-state index contributed by atoms with van der Waals surface area (Å²) in [6.45, 7) is 0.0630. The average molecular weight is 730 g/mol. The predicted molar refractivity (Wildman–Crippen MR) is 184 cm³/mol. The number of nitrogens with zero attached hydrogens (tertiary/aromatic N) is 2. The molecule has 5 atom stereocenters. The van der Waals surface area contributed by atoms with Crippen molar-refractivity contribution in [3.63, 3.8) is 0 Å². The maximum atomic E-state index is 14.4. The largest absolute Gasteiger partial charge is 0.465 e. The van der Waals surface area contributed by atoms with Gasteiger partial charge in [-0.15, -0.1) is 0 Å². The Kier molecular flexibility index (Phi) is 9.31. The highest BCUT2D eigenvalue weighted by molar-refractivity contribution is 7.91. The molecule has 7 rings (SSSR count). The molecular formula is C34H37ClFN5O6S2. The van der Waals surface area contributed by atoms with Gasteiger partial charge in [-0.25, -0.2) is 17.8 Å². The van der Waals surface area contributed by atoms with E-state index < -0.39 is 62.5 Å². The predicted octanol–water partition coefficient (Wildman–Crippen LogP) is 4.92. The lowest BCUT2D eigenvalue weighted by Gasteiger charge is -2.30. The number of fused-ring (bicyclic) bond motifs is 3. The number of sulfonamides is 1. The first-order valence-corrected chi connectivity index (χ1v) is 19.3. The lowest BCUT2D eigenvalue weighted by molar-refractivity contribution is -0.140. The van der Waals surface area contributed by atoms with Gasteiger partial charge in [0.25, 0.3) is 11.1 Å². The lowest BCUT2D eigenvalue weighted by Crippen LogP contribution is -2.57. The van der Waals surface area contributed by atoms with Gasteiger partial charge in [0.2, 0.25) is 21.8 Å². The molecular weight excluding hydrogens is 693 g/mol. The van der Waals surface area contributed by atoms with Crippen molar-refractivity contribution in [2.24, 2.45) is 5.92 Å². The maximum Gasteiger partial charge on any atom is 0.274 e. The fourth-order valence-electron chi connectivity index (χ4n) is 6.70. The third kappa shape index (κ3) is 7.41. The molecule has 15 heteroatoms. The Labute approximate surface area is 292 Å². The van der Waals surface area contributed by atoms with E-state index >= 15 is 0 Å². The number of thiazole rings is 1. The molecule has 1 saturated heterocycles. The first kappa shape index (κ1) is 33.7. The zero-order chi connectivity index (χ0) is 34.3. The number of nitrogens with one attached hydrogen (secondary N) is 3. The summed E-state index contributed by atoms with van der Waals surface area (Å²) in [5.74, 6) is -2.55. The summed E-state index contributed by atoms with van der Waals surface area (Å²) >= 11 is 7.46. The molecule has 0 spiro atoms. The second-order valence-corrected chi connectivity index (χ2v) is 16.7. The quantitative estimate of drug-likeness (QED) is 0.291. The number of carbonyl (C=O) groups is 3. The molecule has 3 fully saturated rings. The number of aromatic nitrogens is 1. The smallest absolute Gasteiger partial charge is 0.274 e. The van der Waals surface area contributed by atoms with Crippen LogP contribution in [0.4, 0.5) is 10.1 Å². The summed E-state index contributed by atoms with van der Waals surface area (Å²) in [6, 6.07) is 9.39. The number of benzene rings is 2. The Hall–Kier alpha value is -3.75. The molecule has 2 aromatic carbocycles. The minimum atomic E-state index is -3.86. The molecule has 4 aliphatic rings. The Bertz CT molecular complexity index is 1920. The van der Waals surface area contributed by atoms with Crippen molar-refractivity contribution in [1.29, 1.82) is 0 Å². The van der Waals surface area contributed by atoms with Crippen molar-refractivity contribution in [2.75, 3.05) is 11.9 Å². The number of hydrogen-bond donors (Lipinski definition) is 3. The Morgan fingerprint density at radius 1 is 1.12 bits per heavy atom. The standard InChI is InChI=1S/C34H37ClFN5O6S2/c35-21-11-14-26-29(15-21)48-33(38-26)47-24-17-28-30(42)39-34(32(44)40-49(45,46)25-12-13-25)18-20(34)7-4-2-1-3-5-10-27(31(43)41(28)19-24)37-23-9-6-8-22(36)16-23/h4,6-9,11,14-16,20,24-25,27-28,37H,1-3,5,10,12-13,17-19H2,(H,39,42)(H,40,44)/t20-,24-,27+,28+,34-/m1/s1. The SMILES string of the molecule is O=C1N[C@]2(C(=O)NS(=O)(=O)C3CC3)C[C@H]2C=CCCCCC[C@H](Nc2cccc(F)c2)C(=O)N2C[C@H](Oc3nc4ccc(Cl)cc4s3)C[C@@H]12. The van der Waals surface area contributed by atoms with E-state index in [1.54, 1.807) is 30.3 Å². The molecule has 11 nitrogen and oxygen atoms in total. The molecule has 49 heavy (non-hydrogen) atoms. The molecule has 3 heterocycles. The van der Waals surface area contributed by atoms with E-state index in [1.165, 1.54) is 28.4 Å². The summed E-state index contributed by atoms with van der Waals surface area (Å²) in [4.78, 5) is 48.2. The Morgan fingerprint density at radius 3 is 2.76 bits per heavy atom. The van der Waals surface area contributed by atoms with Crippen LogP contribution in [-0.4, -0.2) is 71.5 Å². The molecule has 3 aromatic rings. The normalized spacial score (nSPS) is 27.8. The minimum absolute atomic E-state index is 0.0630. The van der Waals surface area contributed by atoms with E-state index in [0.29, 0.717) is 47.1 Å². The van der Waals surface area contributed by atoms with Crippen LogP contribution < -0.4 is 20.1 Å². The monoisotopic (exact) mass is 729 g/mol. The van der Waals surface area contributed by atoms with Crippen molar-refractivity contribution < 1.29 is 31.9 Å². The van der Waals surface area contributed by atoms with Gasteiger partial charge in [0.1, 0.15) is 29.5 Å². The van der Waals surface area contributed by atoms with Gasteiger partial charge >= 0.3 is 0 Å². The van der Waals surface area contributed by atoms with Crippen LogP contribution in [0, 0.1) is 11.7 Å². The van der Waals surface area contributed by atoms with Crippen LogP contribution in [0.5, 0.6) is 5.19 Å². The summed E-state index contributed by atoms with van der Waals surface area (Å²) in [5.41, 5.74) is -0.324. The van der Waals surface area contributed by atoms with Crippen LogP contribution in [0.2, 0.25) is 5.02 Å². The number of rotatable bonds is 7. The summed E-state index contributed by atoms with van der Waals surface area (Å²) in [5, 5.41) is 6.38. The Morgan fingerprint density at radius 2 is 1.96 bits per heavy atom. The molecule has 2 saturated carbocycles. The third-order valence-electron chi connectivity index (χ3n) is 9.61. The Balaban J connectivity index is 1.18. The van der Waals surface area contributed by atoms with E-state index in [9.17, 15) is 27.2 Å². The van der Waals surface area contributed by atoms with Crippen LogP contribution >= 0.6 is 22.9 Å². The molecule has 3 N–H and O–H groups in total. The number of carbonyl (C=O) groups excluding carboxylic acids is 3. The van der Waals surface area contributed by atoms with E-state index in [-0.39, 0.29) is 25.3 Å². The van der Waals surface area contributed by atoms with Gasteiger partial charge in [0.15, 0.2) is 0 Å². The molecule has 2 aliphatic carbocycles. The number of allylic oxidation sites excluding steroid dienone is 1. The van der Waals surface area contributed by atoms with Crippen LogP contribution in [0.1, 0.15) is 57.8 Å². The summed E-state index contributed by atoms with van der Waals surface area (Å²) in [6.07, 6.45) is 8.08. The average Bonchev–Trinajstić information content (AvgIpc) is 3.95. The molecule has 260 valence electrons. The van der Waals surface area contributed by atoms with Crippen molar-refractivity contribution in [3.8, 4) is 5.19 Å². The second-order valence-electron chi connectivity index (χ2n) is 13.3. The van der Waals surface area contributed by atoms with Crippen molar-refractivity contribution >= 4 is 66.6 Å². The zero-order valence-corrected chi connectivity index (χ0v) is 29.0. The highest BCUT2D eigenvalue weighted by atomic mass is 35.5.